The van der Waals surface area contributed by atoms with Crippen molar-refractivity contribution in [2.45, 2.75) is 38.8 Å². The number of carboxylic acids is 1. The first kappa shape index (κ1) is 14.4. The van der Waals surface area contributed by atoms with Crippen LogP contribution >= 0.6 is 0 Å². The van der Waals surface area contributed by atoms with Crippen LogP contribution in [0, 0.1) is 0 Å². The molecule has 8 heteroatoms. The maximum absolute atomic E-state index is 12.2. The Labute approximate surface area is 116 Å². The van der Waals surface area contributed by atoms with E-state index < -0.39 is 5.97 Å². The molecular formula is C12H19N5O3. The summed E-state index contributed by atoms with van der Waals surface area (Å²) in [5, 5.41) is 16.3. The first-order valence-corrected chi connectivity index (χ1v) is 6.77. The smallest absolute Gasteiger partial charge is 0.358 e. The lowest BCUT2D eigenvalue weighted by atomic mass is 10.2. The summed E-state index contributed by atoms with van der Waals surface area (Å²) in [5.74, 6) is -1.25. The number of amides is 1. The standard InChI is InChI=1S/C12H19N5O3/c13-7-9-11(12(19)20)14-15-17(9)8-10(18)16-5-3-1-2-4-6-16/h1-8,13H2,(H,19,20). The Bertz CT molecular complexity index is 491. The van der Waals surface area contributed by atoms with E-state index in [0.717, 1.165) is 38.8 Å². The van der Waals surface area contributed by atoms with Crippen LogP contribution in [-0.2, 0) is 17.9 Å². The molecule has 3 N–H and O–H groups in total. The quantitative estimate of drug-likeness (QED) is 0.792. The Morgan fingerprint density at radius 1 is 1.20 bits per heavy atom. The first-order chi connectivity index (χ1) is 9.63. The van der Waals surface area contributed by atoms with Gasteiger partial charge < -0.3 is 15.7 Å². The number of rotatable bonds is 4. The van der Waals surface area contributed by atoms with Crippen LogP contribution in [0.5, 0.6) is 0 Å². The number of likely N-dealkylation sites (tertiary alicyclic amines) is 1. The zero-order valence-corrected chi connectivity index (χ0v) is 11.3. The molecule has 0 atom stereocenters. The summed E-state index contributed by atoms with van der Waals surface area (Å²) in [7, 11) is 0. The molecule has 1 aromatic rings. The Morgan fingerprint density at radius 3 is 2.40 bits per heavy atom. The number of hydrogen-bond donors (Lipinski definition) is 2. The molecule has 0 unspecified atom stereocenters. The highest BCUT2D eigenvalue weighted by molar-refractivity contribution is 5.86. The second kappa shape index (κ2) is 6.47. The van der Waals surface area contributed by atoms with Crippen LogP contribution < -0.4 is 5.73 Å². The predicted octanol–water partition coefficient (Wildman–Crippen LogP) is -0.162. The van der Waals surface area contributed by atoms with E-state index in [2.05, 4.69) is 10.3 Å². The topological polar surface area (TPSA) is 114 Å². The number of aromatic nitrogens is 3. The van der Waals surface area contributed by atoms with E-state index in [0.29, 0.717) is 0 Å². The molecule has 2 heterocycles. The molecule has 0 aliphatic carbocycles. The summed E-state index contributed by atoms with van der Waals surface area (Å²) in [6.45, 7) is 1.48. The van der Waals surface area contributed by atoms with E-state index in [1.54, 1.807) is 4.90 Å². The fourth-order valence-electron chi connectivity index (χ4n) is 2.38. The summed E-state index contributed by atoms with van der Waals surface area (Å²) in [6, 6.07) is 0. The van der Waals surface area contributed by atoms with Crippen molar-refractivity contribution in [1.29, 1.82) is 0 Å². The van der Waals surface area contributed by atoms with Crippen molar-refractivity contribution in [1.82, 2.24) is 19.9 Å². The average molecular weight is 281 g/mol. The van der Waals surface area contributed by atoms with Gasteiger partial charge in [0, 0.05) is 19.6 Å². The Morgan fingerprint density at radius 2 is 1.85 bits per heavy atom. The Kier molecular flexibility index (Phi) is 4.67. The van der Waals surface area contributed by atoms with Gasteiger partial charge in [-0.15, -0.1) is 5.10 Å². The van der Waals surface area contributed by atoms with Crippen LogP contribution in [0.2, 0.25) is 0 Å². The Balaban J connectivity index is 2.09. The van der Waals surface area contributed by atoms with Gasteiger partial charge in [0.15, 0.2) is 5.69 Å². The van der Waals surface area contributed by atoms with Gasteiger partial charge in [-0.2, -0.15) is 0 Å². The monoisotopic (exact) mass is 281 g/mol. The lowest BCUT2D eigenvalue weighted by molar-refractivity contribution is -0.132. The van der Waals surface area contributed by atoms with Crippen molar-refractivity contribution >= 4 is 11.9 Å². The highest BCUT2D eigenvalue weighted by Gasteiger charge is 2.21. The van der Waals surface area contributed by atoms with E-state index in [4.69, 9.17) is 10.8 Å². The summed E-state index contributed by atoms with van der Waals surface area (Å²) >= 11 is 0. The average Bonchev–Trinajstić information content (AvgIpc) is 2.64. The van der Waals surface area contributed by atoms with Gasteiger partial charge in [0.25, 0.3) is 0 Å². The number of carbonyl (C=O) groups excluding carboxylic acids is 1. The van der Waals surface area contributed by atoms with E-state index in [9.17, 15) is 9.59 Å². The molecule has 1 fully saturated rings. The van der Waals surface area contributed by atoms with Crippen molar-refractivity contribution in [3.05, 3.63) is 11.4 Å². The van der Waals surface area contributed by atoms with Gasteiger partial charge in [-0.05, 0) is 12.8 Å². The lowest BCUT2D eigenvalue weighted by Crippen LogP contribution is -2.35. The van der Waals surface area contributed by atoms with Gasteiger partial charge in [-0.25, -0.2) is 9.48 Å². The number of nitrogens with zero attached hydrogens (tertiary/aromatic N) is 4. The van der Waals surface area contributed by atoms with Crippen LogP contribution in [0.1, 0.15) is 41.9 Å². The van der Waals surface area contributed by atoms with Gasteiger partial charge in [0.2, 0.25) is 5.91 Å². The molecule has 1 amide bonds. The molecular weight excluding hydrogens is 262 g/mol. The summed E-state index contributed by atoms with van der Waals surface area (Å²) in [5.41, 5.74) is 5.62. The maximum Gasteiger partial charge on any atom is 0.358 e. The maximum atomic E-state index is 12.2. The van der Waals surface area contributed by atoms with Crippen molar-refractivity contribution in [3.63, 3.8) is 0 Å². The third kappa shape index (κ3) is 3.13. The van der Waals surface area contributed by atoms with Gasteiger partial charge in [0.1, 0.15) is 6.54 Å². The highest BCUT2D eigenvalue weighted by atomic mass is 16.4. The number of aromatic carboxylic acids is 1. The lowest BCUT2D eigenvalue weighted by Gasteiger charge is -2.20. The molecule has 1 aliphatic rings. The second-order valence-electron chi connectivity index (χ2n) is 4.85. The van der Waals surface area contributed by atoms with E-state index >= 15 is 0 Å². The molecule has 0 radical (unpaired) electrons. The molecule has 1 aliphatic heterocycles. The second-order valence-corrected chi connectivity index (χ2v) is 4.85. The van der Waals surface area contributed by atoms with Crippen molar-refractivity contribution in [2.75, 3.05) is 13.1 Å². The van der Waals surface area contributed by atoms with Crippen molar-refractivity contribution < 1.29 is 14.7 Å². The van der Waals surface area contributed by atoms with Gasteiger partial charge in [-0.1, -0.05) is 18.1 Å². The van der Waals surface area contributed by atoms with Crippen LogP contribution in [0.3, 0.4) is 0 Å². The van der Waals surface area contributed by atoms with Gasteiger partial charge in [-0.3, -0.25) is 4.79 Å². The van der Waals surface area contributed by atoms with Gasteiger partial charge in [0.05, 0.1) is 5.69 Å². The first-order valence-electron chi connectivity index (χ1n) is 6.77. The fourth-order valence-corrected chi connectivity index (χ4v) is 2.38. The number of carbonyl (C=O) groups is 2. The van der Waals surface area contributed by atoms with Crippen LogP contribution in [-0.4, -0.2) is 50.0 Å². The highest BCUT2D eigenvalue weighted by Crippen LogP contribution is 2.11. The zero-order valence-electron chi connectivity index (χ0n) is 11.3. The Hall–Kier alpha value is -1.96. The van der Waals surface area contributed by atoms with Crippen molar-refractivity contribution in [2.24, 2.45) is 5.73 Å². The zero-order chi connectivity index (χ0) is 14.5. The molecule has 0 spiro atoms. The summed E-state index contributed by atoms with van der Waals surface area (Å²) in [4.78, 5) is 25.0. The number of carboxylic acid groups (broad SMARTS) is 1. The van der Waals surface area contributed by atoms with Crippen LogP contribution in [0.25, 0.3) is 0 Å². The molecule has 8 nitrogen and oxygen atoms in total. The molecule has 110 valence electrons. The molecule has 2 rings (SSSR count). The van der Waals surface area contributed by atoms with Crippen molar-refractivity contribution in [3.8, 4) is 0 Å². The van der Waals surface area contributed by atoms with Crippen LogP contribution in [0.15, 0.2) is 0 Å². The molecule has 1 saturated heterocycles. The minimum atomic E-state index is -1.18. The third-order valence-electron chi connectivity index (χ3n) is 3.48. The van der Waals surface area contributed by atoms with E-state index in [1.807, 2.05) is 0 Å². The molecule has 0 aromatic carbocycles. The normalized spacial score (nSPS) is 15.9. The molecule has 1 aromatic heterocycles. The summed E-state index contributed by atoms with van der Waals surface area (Å²) < 4.78 is 1.29. The third-order valence-corrected chi connectivity index (χ3v) is 3.48. The number of nitrogens with two attached hydrogens (primary N) is 1. The predicted molar refractivity (Wildman–Crippen MR) is 69.9 cm³/mol. The largest absolute Gasteiger partial charge is 0.476 e. The minimum absolute atomic E-state index is 0.00713. The summed E-state index contributed by atoms with van der Waals surface area (Å²) in [6.07, 6.45) is 4.30. The number of hydrogen-bond acceptors (Lipinski definition) is 5. The van der Waals surface area contributed by atoms with Crippen LogP contribution in [0.4, 0.5) is 0 Å². The van der Waals surface area contributed by atoms with E-state index in [-0.39, 0.29) is 30.4 Å². The molecule has 20 heavy (non-hydrogen) atoms. The molecule has 0 saturated carbocycles. The van der Waals surface area contributed by atoms with E-state index in [1.165, 1.54) is 4.68 Å². The van der Waals surface area contributed by atoms with Gasteiger partial charge >= 0.3 is 5.97 Å². The molecule has 0 bridgehead atoms. The SMILES string of the molecule is NCc1c(C(=O)O)nnn1CC(=O)N1CCCCCC1. The fraction of sp³-hybridized carbons (Fsp3) is 0.667. The minimum Gasteiger partial charge on any atom is -0.476 e.